The fourth-order valence-corrected chi connectivity index (χ4v) is 5.94. The summed E-state index contributed by atoms with van der Waals surface area (Å²) in [5.74, 6) is -0.248. The zero-order valence-corrected chi connectivity index (χ0v) is 18.2. The Morgan fingerprint density at radius 3 is 2.76 bits per heavy atom. The van der Waals surface area contributed by atoms with E-state index in [4.69, 9.17) is 11.6 Å². The van der Waals surface area contributed by atoms with E-state index in [2.05, 4.69) is 4.98 Å². The monoisotopic (exact) mass is 449 g/mol. The van der Waals surface area contributed by atoms with Gasteiger partial charge in [-0.15, -0.1) is 0 Å². The Morgan fingerprint density at radius 1 is 1.28 bits per heavy atom. The number of thiazole rings is 1. The molecule has 29 heavy (non-hydrogen) atoms. The van der Waals surface area contributed by atoms with E-state index in [9.17, 15) is 13.2 Å². The topological polar surface area (TPSA) is 70.6 Å². The van der Waals surface area contributed by atoms with Crippen LogP contribution in [0, 0.1) is 0 Å². The Kier molecular flexibility index (Phi) is 5.61. The second kappa shape index (κ2) is 8.02. The molecule has 9 heteroatoms. The Balaban J connectivity index is 1.74. The summed E-state index contributed by atoms with van der Waals surface area (Å²) in [6, 6.07) is 14.3. The molecule has 3 aromatic rings. The zero-order chi connectivity index (χ0) is 20.6. The second-order valence-electron chi connectivity index (χ2n) is 7.05. The van der Waals surface area contributed by atoms with Crippen molar-refractivity contribution in [3.05, 3.63) is 59.1 Å². The van der Waals surface area contributed by atoms with Crippen molar-refractivity contribution in [2.24, 2.45) is 0 Å². The Morgan fingerprint density at radius 2 is 2.03 bits per heavy atom. The molecule has 0 bridgehead atoms. The van der Waals surface area contributed by atoms with Crippen LogP contribution in [-0.4, -0.2) is 42.5 Å². The maximum Gasteiger partial charge on any atom is 0.247 e. The molecule has 0 saturated carbocycles. The molecule has 6 nitrogen and oxygen atoms in total. The lowest BCUT2D eigenvalue weighted by Gasteiger charge is -2.27. The summed E-state index contributed by atoms with van der Waals surface area (Å²) in [6.07, 6.45) is 2.33. The second-order valence-corrected chi connectivity index (χ2v) is 10.4. The minimum Gasteiger partial charge on any atom is -0.282 e. The minimum atomic E-state index is -3.46. The molecule has 1 aromatic heterocycles. The molecule has 1 saturated heterocycles. The first-order valence-electron chi connectivity index (χ1n) is 9.21. The Labute approximate surface area is 178 Å². The standard InChI is InChI=1S/C20H20ClN3O3S2/c1-29(26,27)24-11-5-8-17(24)19(25)23(13-14-6-3-2-4-7-14)20-22-16-10-9-15(21)12-18(16)28-20/h2-4,6-7,9-10,12,17H,5,8,11,13H2,1H3. The molecule has 1 unspecified atom stereocenters. The van der Waals surface area contributed by atoms with Crippen molar-refractivity contribution in [1.82, 2.24) is 9.29 Å². The van der Waals surface area contributed by atoms with Crippen LogP contribution in [0.25, 0.3) is 10.2 Å². The van der Waals surface area contributed by atoms with E-state index in [1.165, 1.54) is 15.6 Å². The lowest BCUT2D eigenvalue weighted by molar-refractivity contribution is -0.121. The van der Waals surface area contributed by atoms with Crippen LogP contribution in [0.15, 0.2) is 48.5 Å². The summed E-state index contributed by atoms with van der Waals surface area (Å²) in [6.45, 7) is 0.686. The van der Waals surface area contributed by atoms with Crippen molar-refractivity contribution in [2.75, 3.05) is 17.7 Å². The van der Waals surface area contributed by atoms with E-state index in [0.29, 0.717) is 36.1 Å². The van der Waals surface area contributed by atoms with Crippen LogP contribution in [-0.2, 0) is 21.4 Å². The normalized spacial score (nSPS) is 17.7. The van der Waals surface area contributed by atoms with Gasteiger partial charge in [-0.1, -0.05) is 53.3 Å². The van der Waals surface area contributed by atoms with Crippen LogP contribution >= 0.6 is 22.9 Å². The first kappa shape index (κ1) is 20.3. The van der Waals surface area contributed by atoms with Gasteiger partial charge in [0.1, 0.15) is 6.04 Å². The third-order valence-corrected chi connectivity index (χ3v) is 7.50. The molecule has 0 spiro atoms. The van der Waals surface area contributed by atoms with Crippen molar-refractivity contribution in [2.45, 2.75) is 25.4 Å². The molecule has 1 amide bonds. The van der Waals surface area contributed by atoms with E-state index in [0.717, 1.165) is 22.0 Å². The molecule has 2 heterocycles. The van der Waals surface area contributed by atoms with Crippen LogP contribution in [0.2, 0.25) is 5.02 Å². The van der Waals surface area contributed by atoms with Crippen molar-refractivity contribution >= 4 is 54.2 Å². The first-order chi connectivity index (χ1) is 13.8. The smallest absolute Gasteiger partial charge is 0.247 e. The minimum absolute atomic E-state index is 0.248. The van der Waals surface area contributed by atoms with Gasteiger partial charge in [0, 0.05) is 11.6 Å². The quantitative estimate of drug-likeness (QED) is 0.592. The zero-order valence-electron chi connectivity index (χ0n) is 15.8. The molecular weight excluding hydrogens is 430 g/mol. The van der Waals surface area contributed by atoms with Crippen molar-refractivity contribution in [3.63, 3.8) is 0 Å². The van der Waals surface area contributed by atoms with E-state index in [1.54, 1.807) is 11.0 Å². The third kappa shape index (κ3) is 4.30. The molecule has 1 aliphatic rings. The number of carbonyl (C=O) groups excluding carboxylic acids is 1. The first-order valence-corrected chi connectivity index (χ1v) is 12.3. The lowest BCUT2D eigenvalue weighted by Crippen LogP contribution is -2.47. The van der Waals surface area contributed by atoms with Crippen molar-refractivity contribution in [3.8, 4) is 0 Å². The molecule has 0 N–H and O–H groups in total. The number of nitrogens with zero attached hydrogens (tertiary/aromatic N) is 3. The van der Waals surface area contributed by atoms with Crippen LogP contribution in [0.3, 0.4) is 0 Å². The number of hydrogen-bond donors (Lipinski definition) is 0. The third-order valence-electron chi connectivity index (χ3n) is 4.93. The van der Waals surface area contributed by atoms with Gasteiger partial charge in [0.05, 0.1) is 23.0 Å². The molecule has 1 atom stereocenters. The lowest BCUT2D eigenvalue weighted by atomic mass is 10.1. The average Bonchev–Trinajstić information content (AvgIpc) is 3.33. The fourth-order valence-electron chi connectivity index (χ4n) is 3.57. The summed E-state index contributed by atoms with van der Waals surface area (Å²) >= 11 is 7.47. The van der Waals surface area contributed by atoms with E-state index in [1.807, 2.05) is 42.5 Å². The number of anilines is 1. The average molecular weight is 450 g/mol. The molecule has 0 radical (unpaired) electrons. The SMILES string of the molecule is CS(=O)(=O)N1CCCC1C(=O)N(Cc1ccccc1)c1nc2ccc(Cl)cc2s1. The summed E-state index contributed by atoms with van der Waals surface area (Å²) in [7, 11) is -3.46. The van der Waals surface area contributed by atoms with Crippen LogP contribution in [0.4, 0.5) is 5.13 Å². The molecule has 2 aromatic carbocycles. The highest BCUT2D eigenvalue weighted by Crippen LogP contribution is 2.33. The highest BCUT2D eigenvalue weighted by Gasteiger charge is 2.39. The highest BCUT2D eigenvalue weighted by molar-refractivity contribution is 7.88. The largest absolute Gasteiger partial charge is 0.282 e. The number of benzene rings is 2. The van der Waals surface area contributed by atoms with Gasteiger partial charge in [-0.2, -0.15) is 4.31 Å². The van der Waals surface area contributed by atoms with Gasteiger partial charge in [0.15, 0.2) is 5.13 Å². The number of halogens is 1. The molecule has 4 rings (SSSR count). The fraction of sp³-hybridized carbons (Fsp3) is 0.300. The molecule has 1 fully saturated rings. The summed E-state index contributed by atoms with van der Waals surface area (Å²) in [4.78, 5) is 19.7. The summed E-state index contributed by atoms with van der Waals surface area (Å²) < 4.78 is 26.5. The maximum absolute atomic E-state index is 13.5. The van der Waals surface area contributed by atoms with Crippen LogP contribution in [0.1, 0.15) is 18.4 Å². The van der Waals surface area contributed by atoms with E-state index < -0.39 is 16.1 Å². The number of aromatic nitrogens is 1. The van der Waals surface area contributed by atoms with E-state index in [-0.39, 0.29) is 5.91 Å². The predicted octanol–water partition coefficient (Wildman–Crippen LogP) is 3.91. The van der Waals surface area contributed by atoms with Crippen molar-refractivity contribution in [1.29, 1.82) is 0 Å². The predicted molar refractivity (Wildman–Crippen MR) is 117 cm³/mol. The summed E-state index contributed by atoms with van der Waals surface area (Å²) in [5, 5.41) is 1.14. The van der Waals surface area contributed by atoms with Crippen LogP contribution < -0.4 is 4.90 Å². The van der Waals surface area contributed by atoms with Gasteiger partial charge >= 0.3 is 0 Å². The molecule has 1 aliphatic heterocycles. The van der Waals surface area contributed by atoms with Gasteiger partial charge in [0.25, 0.3) is 0 Å². The number of sulfonamides is 1. The summed E-state index contributed by atoms with van der Waals surface area (Å²) in [5.41, 5.74) is 1.70. The van der Waals surface area contributed by atoms with Gasteiger partial charge in [-0.05, 0) is 36.6 Å². The van der Waals surface area contributed by atoms with Gasteiger partial charge < -0.3 is 0 Å². The Bertz CT molecular complexity index is 1150. The Hall–Kier alpha value is -2.00. The molecule has 152 valence electrons. The molecular formula is C20H20ClN3O3S2. The number of hydrogen-bond acceptors (Lipinski definition) is 5. The number of amides is 1. The highest BCUT2D eigenvalue weighted by atomic mass is 35.5. The van der Waals surface area contributed by atoms with Gasteiger partial charge in [-0.25, -0.2) is 13.4 Å². The van der Waals surface area contributed by atoms with Crippen molar-refractivity contribution < 1.29 is 13.2 Å². The number of carbonyl (C=O) groups is 1. The maximum atomic E-state index is 13.5. The van der Waals surface area contributed by atoms with Gasteiger partial charge in [-0.3, -0.25) is 9.69 Å². The van der Waals surface area contributed by atoms with E-state index >= 15 is 0 Å². The van der Waals surface area contributed by atoms with Crippen LogP contribution in [0.5, 0.6) is 0 Å². The molecule has 0 aliphatic carbocycles. The number of fused-ring (bicyclic) bond motifs is 1. The number of rotatable bonds is 5. The van der Waals surface area contributed by atoms with Gasteiger partial charge in [0.2, 0.25) is 15.9 Å².